The lowest BCUT2D eigenvalue weighted by atomic mass is 9.98. The Morgan fingerprint density at radius 2 is 1.81 bits per heavy atom. The van der Waals surface area contributed by atoms with Gasteiger partial charge in [0, 0.05) is 29.7 Å². The number of carbonyl (C=O) groups is 1. The number of ketones is 1. The van der Waals surface area contributed by atoms with Crippen LogP contribution in [0.2, 0.25) is 0 Å². The molecule has 0 aliphatic rings. The Labute approximate surface area is 119 Å². The molecule has 0 aliphatic carbocycles. The Hall–Kier alpha value is -2.63. The fourth-order valence-electron chi connectivity index (χ4n) is 2.03. The van der Waals surface area contributed by atoms with Crippen LogP contribution >= 0.6 is 0 Å². The van der Waals surface area contributed by atoms with Crippen LogP contribution in [0.4, 0.5) is 14.5 Å². The minimum atomic E-state index is -0.789. The SMILES string of the molecule is Cc1cc([N+](=O)[O-])ccc1C(=O)Cc1c(F)cccc1F. The maximum atomic E-state index is 13.5. The summed E-state index contributed by atoms with van der Waals surface area (Å²) in [4.78, 5) is 22.2. The fraction of sp³-hybridized carbons (Fsp3) is 0.133. The van der Waals surface area contributed by atoms with Crippen LogP contribution in [0.15, 0.2) is 36.4 Å². The zero-order chi connectivity index (χ0) is 15.6. The van der Waals surface area contributed by atoms with Gasteiger partial charge in [0.25, 0.3) is 5.69 Å². The minimum absolute atomic E-state index is 0.138. The third-order valence-corrected chi connectivity index (χ3v) is 3.12. The molecule has 0 N–H and O–H groups in total. The van der Waals surface area contributed by atoms with E-state index in [1.807, 2.05) is 0 Å². The molecule has 0 unspecified atom stereocenters. The van der Waals surface area contributed by atoms with Crippen molar-refractivity contribution in [3.63, 3.8) is 0 Å². The standard InChI is InChI=1S/C15H11F2NO3/c1-9-7-10(18(20)21)5-6-11(9)15(19)8-12-13(16)3-2-4-14(12)17/h2-7H,8H2,1H3. The monoisotopic (exact) mass is 291 g/mol. The van der Waals surface area contributed by atoms with E-state index in [0.29, 0.717) is 5.56 Å². The molecule has 0 atom stereocenters. The van der Waals surface area contributed by atoms with Crippen molar-refractivity contribution in [2.24, 2.45) is 0 Å². The average molecular weight is 291 g/mol. The summed E-state index contributed by atoms with van der Waals surface area (Å²) >= 11 is 0. The summed E-state index contributed by atoms with van der Waals surface area (Å²) in [7, 11) is 0. The quantitative estimate of drug-likeness (QED) is 0.491. The van der Waals surface area contributed by atoms with E-state index < -0.39 is 28.8 Å². The number of Topliss-reactive ketones (excluding diaryl/α,β-unsaturated/α-hetero) is 1. The lowest BCUT2D eigenvalue weighted by Gasteiger charge is -2.07. The van der Waals surface area contributed by atoms with Gasteiger partial charge in [-0.25, -0.2) is 8.78 Å². The van der Waals surface area contributed by atoms with Crippen LogP contribution in [0.25, 0.3) is 0 Å². The maximum absolute atomic E-state index is 13.5. The molecule has 0 heterocycles. The molecule has 0 radical (unpaired) electrons. The first-order chi connectivity index (χ1) is 9.90. The van der Waals surface area contributed by atoms with Gasteiger partial charge in [-0.05, 0) is 30.7 Å². The predicted molar refractivity (Wildman–Crippen MR) is 72.2 cm³/mol. The Balaban J connectivity index is 2.31. The highest BCUT2D eigenvalue weighted by Gasteiger charge is 2.17. The summed E-state index contributed by atoms with van der Waals surface area (Å²) in [5, 5.41) is 10.6. The van der Waals surface area contributed by atoms with E-state index in [0.717, 1.165) is 12.1 Å². The fourth-order valence-corrected chi connectivity index (χ4v) is 2.03. The van der Waals surface area contributed by atoms with Gasteiger partial charge >= 0.3 is 0 Å². The first-order valence-electron chi connectivity index (χ1n) is 6.11. The average Bonchev–Trinajstić information content (AvgIpc) is 2.42. The number of benzene rings is 2. The van der Waals surface area contributed by atoms with Crippen LogP contribution in [0.5, 0.6) is 0 Å². The molecule has 2 aromatic rings. The molecule has 108 valence electrons. The summed E-state index contributed by atoms with van der Waals surface area (Å²) < 4.78 is 27.0. The second-order valence-corrected chi connectivity index (χ2v) is 4.56. The van der Waals surface area contributed by atoms with E-state index >= 15 is 0 Å². The van der Waals surface area contributed by atoms with Gasteiger partial charge in [-0.2, -0.15) is 0 Å². The third kappa shape index (κ3) is 3.10. The summed E-state index contributed by atoms with van der Waals surface area (Å²) in [6.45, 7) is 1.54. The van der Waals surface area contributed by atoms with Gasteiger partial charge in [0.05, 0.1) is 4.92 Å². The van der Waals surface area contributed by atoms with Crippen molar-refractivity contribution < 1.29 is 18.5 Å². The first kappa shape index (κ1) is 14.8. The van der Waals surface area contributed by atoms with Crippen molar-refractivity contribution >= 4 is 11.5 Å². The van der Waals surface area contributed by atoms with Crippen molar-refractivity contribution in [3.8, 4) is 0 Å². The molecule has 21 heavy (non-hydrogen) atoms. The van der Waals surface area contributed by atoms with Crippen LogP contribution in [0, 0.1) is 28.7 Å². The number of non-ortho nitro benzene ring substituents is 1. The van der Waals surface area contributed by atoms with Crippen LogP contribution in [-0.4, -0.2) is 10.7 Å². The van der Waals surface area contributed by atoms with E-state index in [4.69, 9.17) is 0 Å². The molecule has 6 heteroatoms. The molecule has 0 saturated carbocycles. The maximum Gasteiger partial charge on any atom is 0.269 e. The Morgan fingerprint density at radius 1 is 1.19 bits per heavy atom. The van der Waals surface area contributed by atoms with E-state index in [9.17, 15) is 23.7 Å². The van der Waals surface area contributed by atoms with Crippen molar-refractivity contribution in [2.45, 2.75) is 13.3 Å². The van der Waals surface area contributed by atoms with Crippen LogP contribution < -0.4 is 0 Å². The molecule has 0 aliphatic heterocycles. The van der Waals surface area contributed by atoms with Gasteiger partial charge in [-0.1, -0.05) is 6.07 Å². The Bertz CT molecular complexity index is 709. The van der Waals surface area contributed by atoms with Gasteiger partial charge < -0.3 is 0 Å². The van der Waals surface area contributed by atoms with Gasteiger partial charge in [-0.15, -0.1) is 0 Å². The molecular weight excluding hydrogens is 280 g/mol. The number of hydrogen-bond acceptors (Lipinski definition) is 3. The smallest absolute Gasteiger partial charge is 0.269 e. The van der Waals surface area contributed by atoms with E-state index in [1.54, 1.807) is 0 Å². The van der Waals surface area contributed by atoms with E-state index in [1.165, 1.54) is 31.2 Å². The lowest BCUT2D eigenvalue weighted by molar-refractivity contribution is -0.384. The third-order valence-electron chi connectivity index (χ3n) is 3.12. The van der Waals surface area contributed by atoms with Gasteiger partial charge in [0.2, 0.25) is 0 Å². The molecule has 4 nitrogen and oxygen atoms in total. The van der Waals surface area contributed by atoms with E-state index in [2.05, 4.69) is 0 Å². The van der Waals surface area contributed by atoms with Crippen LogP contribution in [0.3, 0.4) is 0 Å². The lowest BCUT2D eigenvalue weighted by Crippen LogP contribution is -2.09. The van der Waals surface area contributed by atoms with Crippen molar-refractivity contribution in [3.05, 3.63) is 74.8 Å². The second kappa shape index (κ2) is 5.78. The number of nitro benzene ring substituents is 1. The van der Waals surface area contributed by atoms with Crippen LogP contribution in [0.1, 0.15) is 21.5 Å². The molecule has 2 rings (SSSR count). The molecule has 0 aromatic heterocycles. The molecule has 0 amide bonds. The second-order valence-electron chi connectivity index (χ2n) is 4.56. The number of hydrogen-bond donors (Lipinski definition) is 0. The number of halogens is 2. The van der Waals surface area contributed by atoms with Gasteiger partial charge in [0.1, 0.15) is 11.6 Å². The number of aryl methyl sites for hydroxylation is 1. The first-order valence-corrected chi connectivity index (χ1v) is 6.11. The van der Waals surface area contributed by atoms with Crippen molar-refractivity contribution in [1.29, 1.82) is 0 Å². The van der Waals surface area contributed by atoms with Gasteiger partial charge in [-0.3, -0.25) is 14.9 Å². The summed E-state index contributed by atoms with van der Waals surface area (Å²) in [5.41, 5.74) is 0.163. The number of carbonyl (C=O) groups excluding carboxylic acids is 1. The van der Waals surface area contributed by atoms with Crippen LogP contribution in [-0.2, 0) is 6.42 Å². The van der Waals surface area contributed by atoms with Crippen molar-refractivity contribution in [1.82, 2.24) is 0 Å². The normalized spacial score (nSPS) is 10.4. The largest absolute Gasteiger partial charge is 0.294 e. The molecule has 0 spiro atoms. The summed E-state index contributed by atoms with van der Waals surface area (Å²) in [5.74, 6) is -2.07. The minimum Gasteiger partial charge on any atom is -0.294 e. The molecule has 0 fully saturated rings. The predicted octanol–water partition coefficient (Wildman–Crippen LogP) is 3.61. The van der Waals surface area contributed by atoms with Gasteiger partial charge in [0.15, 0.2) is 5.78 Å². The van der Waals surface area contributed by atoms with E-state index in [-0.39, 0.29) is 16.8 Å². The molecular formula is C15H11F2NO3. The number of rotatable bonds is 4. The molecule has 2 aromatic carbocycles. The summed E-state index contributed by atoms with van der Waals surface area (Å²) in [6.07, 6.45) is -0.433. The Morgan fingerprint density at radius 3 is 2.33 bits per heavy atom. The summed E-state index contributed by atoms with van der Waals surface area (Å²) in [6, 6.07) is 7.12. The zero-order valence-electron chi connectivity index (χ0n) is 11.1. The molecule has 0 bridgehead atoms. The molecule has 0 saturated heterocycles. The topological polar surface area (TPSA) is 60.2 Å². The van der Waals surface area contributed by atoms with Crippen molar-refractivity contribution in [2.75, 3.05) is 0 Å². The zero-order valence-corrected chi connectivity index (χ0v) is 11.1. The Kier molecular flexibility index (Phi) is 4.07. The highest BCUT2D eigenvalue weighted by molar-refractivity contribution is 5.99. The number of nitro groups is 1. The number of nitrogens with zero attached hydrogens (tertiary/aromatic N) is 1. The highest BCUT2D eigenvalue weighted by Crippen LogP contribution is 2.20. The highest BCUT2D eigenvalue weighted by atomic mass is 19.1.